The van der Waals surface area contributed by atoms with Crippen molar-refractivity contribution in [2.75, 3.05) is 13.2 Å². The van der Waals surface area contributed by atoms with Crippen LogP contribution < -0.4 is 15.4 Å². The number of alkyl carbamates (subject to hydrolysis) is 1. The first-order valence-corrected chi connectivity index (χ1v) is 20.1. The van der Waals surface area contributed by atoms with E-state index < -0.39 is 58.5 Å². The number of carbonyl (C=O) groups is 4. The van der Waals surface area contributed by atoms with E-state index >= 15 is 0 Å². The number of allylic oxidation sites excluding steroid dienone is 1. The minimum absolute atomic E-state index is 0.0129. The van der Waals surface area contributed by atoms with Gasteiger partial charge in [0, 0.05) is 28.9 Å². The summed E-state index contributed by atoms with van der Waals surface area (Å²) in [5, 5.41) is 6.73. The fourth-order valence-corrected chi connectivity index (χ4v) is 8.40. The van der Waals surface area contributed by atoms with Crippen LogP contribution in [0.5, 0.6) is 5.75 Å². The Morgan fingerprint density at radius 2 is 1.88 bits per heavy atom. The molecule has 0 bridgehead atoms. The Hall–Kier alpha value is -5.26. The van der Waals surface area contributed by atoms with Gasteiger partial charge in [-0.3, -0.25) is 9.59 Å². The number of aromatic nitrogens is 1. The van der Waals surface area contributed by atoms with Gasteiger partial charge in [-0.2, -0.15) is 0 Å². The lowest BCUT2D eigenvalue weighted by molar-refractivity contribution is -0.161. The standard InChI is InChI=1S/C45H55FN4O7/c1-7-10-11-12-13-21-35(48-42(54)57-43(4,5)6)40(52)50-28-44(27-36(50)39(51)49-45(41(53)55-9-3)25-22-30(45)8-2)24-23-33-32-19-14-15-20-34(32)47-37(38(33)56-44)29-17-16-18-31(46)26-29/h7-8,14-20,26,30,35-36H,1-2,9-13,21-25,27-28H2,3-6H3,(H,48,54)(H,49,51). The number of hydrogen-bond donors (Lipinski definition) is 2. The van der Waals surface area contributed by atoms with Gasteiger partial charge in [0.05, 0.1) is 18.7 Å². The van der Waals surface area contributed by atoms with Crippen LogP contribution in [-0.4, -0.2) is 75.7 Å². The van der Waals surface area contributed by atoms with Gasteiger partial charge < -0.3 is 29.7 Å². The predicted octanol–water partition coefficient (Wildman–Crippen LogP) is 7.75. The van der Waals surface area contributed by atoms with Gasteiger partial charge in [-0.15, -0.1) is 13.2 Å². The van der Waals surface area contributed by atoms with Gasteiger partial charge in [-0.1, -0.05) is 55.3 Å². The maximum atomic E-state index is 14.9. The summed E-state index contributed by atoms with van der Waals surface area (Å²) in [6, 6.07) is 11.8. The third-order valence-corrected chi connectivity index (χ3v) is 11.3. The molecule has 2 aliphatic heterocycles. The fraction of sp³-hybridized carbons (Fsp3) is 0.489. The molecular formula is C45H55FN4O7. The van der Waals surface area contributed by atoms with Gasteiger partial charge in [0.2, 0.25) is 11.8 Å². The molecular weight excluding hydrogens is 728 g/mol. The van der Waals surface area contributed by atoms with Crippen molar-refractivity contribution in [2.24, 2.45) is 5.92 Å². The van der Waals surface area contributed by atoms with Crippen molar-refractivity contribution in [2.45, 2.75) is 121 Å². The first-order chi connectivity index (χ1) is 27.2. The Morgan fingerprint density at radius 3 is 2.56 bits per heavy atom. The Labute approximate surface area is 334 Å². The lowest BCUT2D eigenvalue weighted by Gasteiger charge is -2.46. The molecule has 304 valence electrons. The second-order valence-corrected chi connectivity index (χ2v) is 16.5. The number of para-hydroxylation sites is 1. The molecule has 3 aromatic rings. The van der Waals surface area contributed by atoms with Crippen LogP contribution in [0.2, 0.25) is 0 Å². The lowest BCUT2D eigenvalue weighted by Crippen LogP contribution is -2.67. The van der Waals surface area contributed by atoms with Gasteiger partial charge in [0.15, 0.2) is 0 Å². The first-order valence-electron chi connectivity index (χ1n) is 20.1. The number of halogens is 1. The van der Waals surface area contributed by atoms with Crippen LogP contribution in [0.4, 0.5) is 9.18 Å². The average molecular weight is 783 g/mol. The van der Waals surface area contributed by atoms with E-state index in [1.807, 2.05) is 30.3 Å². The monoisotopic (exact) mass is 782 g/mol. The molecule has 12 heteroatoms. The maximum absolute atomic E-state index is 14.9. The topological polar surface area (TPSA) is 136 Å². The van der Waals surface area contributed by atoms with E-state index in [1.165, 1.54) is 17.0 Å². The van der Waals surface area contributed by atoms with Gasteiger partial charge in [-0.25, -0.2) is 19.0 Å². The van der Waals surface area contributed by atoms with Crippen LogP contribution in [0.1, 0.15) is 91.0 Å². The van der Waals surface area contributed by atoms with E-state index in [2.05, 4.69) is 23.8 Å². The summed E-state index contributed by atoms with van der Waals surface area (Å²) < 4.78 is 32.7. The molecule has 3 heterocycles. The van der Waals surface area contributed by atoms with Crippen LogP contribution in [0, 0.1) is 11.7 Å². The predicted molar refractivity (Wildman–Crippen MR) is 216 cm³/mol. The second-order valence-electron chi connectivity index (χ2n) is 16.5. The number of fused-ring (bicyclic) bond motifs is 3. The molecule has 1 aromatic heterocycles. The molecule has 5 atom stereocenters. The van der Waals surface area contributed by atoms with Crippen LogP contribution in [0.3, 0.4) is 0 Å². The maximum Gasteiger partial charge on any atom is 0.408 e. The average Bonchev–Trinajstić information content (AvgIpc) is 3.53. The van der Waals surface area contributed by atoms with Gasteiger partial charge >= 0.3 is 12.1 Å². The third kappa shape index (κ3) is 8.84. The highest BCUT2D eigenvalue weighted by atomic mass is 19.1. The van der Waals surface area contributed by atoms with E-state index in [1.54, 1.807) is 45.9 Å². The summed E-state index contributed by atoms with van der Waals surface area (Å²) in [4.78, 5) is 62.7. The minimum Gasteiger partial charge on any atom is -0.483 e. The molecule has 1 saturated carbocycles. The summed E-state index contributed by atoms with van der Waals surface area (Å²) >= 11 is 0. The number of nitrogens with one attached hydrogen (secondary N) is 2. The highest BCUT2D eigenvalue weighted by molar-refractivity contribution is 5.96. The van der Waals surface area contributed by atoms with E-state index in [4.69, 9.17) is 19.2 Å². The number of rotatable bonds is 14. The highest BCUT2D eigenvalue weighted by Crippen LogP contribution is 2.48. The summed E-state index contributed by atoms with van der Waals surface area (Å²) in [5.74, 6) is -1.85. The van der Waals surface area contributed by atoms with Crippen molar-refractivity contribution in [1.82, 2.24) is 20.5 Å². The van der Waals surface area contributed by atoms with Crippen LogP contribution >= 0.6 is 0 Å². The summed E-state index contributed by atoms with van der Waals surface area (Å²) in [5.41, 5.74) is -0.566. The Kier molecular flexibility index (Phi) is 12.4. The zero-order valence-corrected chi connectivity index (χ0v) is 33.5. The molecule has 1 saturated heterocycles. The summed E-state index contributed by atoms with van der Waals surface area (Å²) in [6.45, 7) is 14.8. The minimum atomic E-state index is -1.33. The van der Waals surface area contributed by atoms with Crippen molar-refractivity contribution in [1.29, 1.82) is 0 Å². The fourth-order valence-electron chi connectivity index (χ4n) is 8.40. The summed E-state index contributed by atoms with van der Waals surface area (Å²) in [7, 11) is 0. The lowest BCUT2D eigenvalue weighted by atomic mass is 9.66. The van der Waals surface area contributed by atoms with Gasteiger partial charge in [0.1, 0.15) is 46.1 Å². The molecule has 11 nitrogen and oxygen atoms in total. The molecule has 3 amide bonds. The molecule has 3 aliphatic rings. The van der Waals surface area contributed by atoms with Crippen molar-refractivity contribution in [3.8, 4) is 17.0 Å². The highest BCUT2D eigenvalue weighted by Gasteiger charge is 2.58. The molecule has 6 rings (SSSR count). The molecule has 57 heavy (non-hydrogen) atoms. The molecule has 0 radical (unpaired) electrons. The number of amides is 3. The van der Waals surface area contributed by atoms with Crippen LogP contribution in [0.25, 0.3) is 22.2 Å². The third-order valence-electron chi connectivity index (χ3n) is 11.3. The second kappa shape index (κ2) is 17.1. The molecule has 1 aliphatic carbocycles. The number of aryl methyl sites for hydroxylation is 1. The molecule has 1 spiro atoms. The zero-order chi connectivity index (χ0) is 41.0. The van der Waals surface area contributed by atoms with E-state index in [9.17, 15) is 23.6 Å². The number of ether oxygens (including phenoxy) is 3. The number of carbonyl (C=O) groups excluding carboxylic acids is 4. The SMILES string of the molecule is C=CCCCCCC(NC(=O)OC(C)(C)C)C(=O)N1CC2(CCc3c(c(-c4cccc(F)c4)nc4ccccc34)O2)CC1C(=O)NC1(C(=O)OCC)CCC1C=C. The van der Waals surface area contributed by atoms with E-state index in [0.29, 0.717) is 55.5 Å². The number of pyridine rings is 1. The molecule has 2 N–H and O–H groups in total. The van der Waals surface area contributed by atoms with Crippen molar-refractivity contribution >= 4 is 34.8 Å². The van der Waals surface area contributed by atoms with Crippen molar-refractivity contribution < 1.29 is 37.8 Å². The van der Waals surface area contributed by atoms with E-state index in [-0.39, 0.29) is 25.5 Å². The zero-order valence-electron chi connectivity index (χ0n) is 33.5. The van der Waals surface area contributed by atoms with Gasteiger partial charge in [-0.05, 0) is 90.8 Å². The van der Waals surface area contributed by atoms with Crippen molar-refractivity contribution in [3.05, 3.63) is 85.2 Å². The number of unbranched alkanes of at least 4 members (excludes halogenated alkanes) is 3. The Balaban J connectivity index is 1.39. The smallest absolute Gasteiger partial charge is 0.408 e. The number of benzene rings is 2. The van der Waals surface area contributed by atoms with Gasteiger partial charge in [0.25, 0.3) is 0 Å². The largest absolute Gasteiger partial charge is 0.483 e. The normalized spacial score (nSPS) is 23.1. The Bertz CT molecular complexity index is 2030. The molecule has 2 aromatic carbocycles. The van der Waals surface area contributed by atoms with Crippen LogP contribution in [-0.2, 0) is 30.3 Å². The Morgan fingerprint density at radius 1 is 1.09 bits per heavy atom. The van der Waals surface area contributed by atoms with E-state index in [0.717, 1.165) is 35.7 Å². The van der Waals surface area contributed by atoms with Crippen LogP contribution in [0.15, 0.2) is 73.8 Å². The quantitative estimate of drug-likeness (QED) is 0.0963. The number of esters is 1. The number of hydrogen-bond acceptors (Lipinski definition) is 8. The van der Waals surface area contributed by atoms with Crippen molar-refractivity contribution in [3.63, 3.8) is 0 Å². The first kappa shape index (κ1) is 41.4. The number of nitrogens with zero attached hydrogens (tertiary/aromatic N) is 2. The number of likely N-dealkylation sites (tertiary alicyclic amines) is 1. The molecule has 2 fully saturated rings. The molecule has 5 unspecified atom stereocenters. The summed E-state index contributed by atoms with van der Waals surface area (Å²) in [6.07, 6.45) is 8.25.